The summed E-state index contributed by atoms with van der Waals surface area (Å²) in [5, 5.41) is 9.10. The molecule has 98 valence electrons. The fraction of sp³-hybridized carbons (Fsp3) is 0.188. The molecule has 0 radical (unpaired) electrons. The highest BCUT2D eigenvalue weighted by Crippen LogP contribution is 2.18. The van der Waals surface area contributed by atoms with Gasteiger partial charge in [-0.3, -0.25) is 0 Å². The highest BCUT2D eigenvalue weighted by molar-refractivity contribution is 5.89. The largest absolute Gasteiger partial charge is 0.489 e. The molecule has 0 saturated heterocycles. The van der Waals surface area contributed by atoms with E-state index in [1.54, 1.807) is 18.2 Å². The van der Waals surface area contributed by atoms with Crippen LogP contribution < -0.4 is 4.74 Å². The van der Waals surface area contributed by atoms with Gasteiger partial charge in [-0.1, -0.05) is 24.3 Å². The molecule has 0 aliphatic rings. The fourth-order valence-corrected chi connectivity index (χ4v) is 2.03. The highest BCUT2D eigenvalue weighted by Gasteiger charge is 2.09. The normalized spacial score (nSPS) is 10.2. The number of carboxylic acid groups (broad SMARTS) is 1. The Morgan fingerprint density at radius 3 is 2.37 bits per heavy atom. The summed E-state index contributed by atoms with van der Waals surface area (Å²) in [6, 6.07) is 12.8. The molecule has 0 unspecified atom stereocenters. The van der Waals surface area contributed by atoms with E-state index in [9.17, 15) is 4.79 Å². The molecule has 2 aromatic carbocycles. The molecule has 2 rings (SSSR count). The standard InChI is InChI=1S/C16H16O3/c1-11-7-12(2)9-14(8-11)19-10-13-5-3-4-6-15(13)16(17)18/h3-9H,10H2,1-2H3,(H,17,18). The predicted octanol–water partition coefficient (Wildman–Crippen LogP) is 3.58. The third kappa shape index (κ3) is 3.35. The van der Waals surface area contributed by atoms with E-state index in [1.165, 1.54) is 0 Å². The lowest BCUT2D eigenvalue weighted by Crippen LogP contribution is -2.05. The molecule has 0 fully saturated rings. The van der Waals surface area contributed by atoms with Crippen LogP contribution in [0.3, 0.4) is 0 Å². The average molecular weight is 256 g/mol. The van der Waals surface area contributed by atoms with Gasteiger partial charge in [-0.05, 0) is 43.2 Å². The minimum Gasteiger partial charge on any atom is -0.489 e. The predicted molar refractivity (Wildman–Crippen MR) is 73.6 cm³/mol. The Morgan fingerprint density at radius 1 is 1.11 bits per heavy atom. The van der Waals surface area contributed by atoms with Crippen LogP contribution in [0.15, 0.2) is 42.5 Å². The quantitative estimate of drug-likeness (QED) is 0.909. The van der Waals surface area contributed by atoms with E-state index in [2.05, 4.69) is 6.07 Å². The Morgan fingerprint density at radius 2 is 1.74 bits per heavy atom. The first kappa shape index (κ1) is 13.1. The van der Waals surface area contributed by atoms with E-state index in [1.807, 2.05) is 32.0 Å². The molecule has 2 aromatic rings. The van der Waals surface area contributed by atoms with Gasteiger partial charge in [0.1, 0.15) is 12.4 Å². The monoisotopic (exact) mass is 256 g/mol. The summed E-state index contributed by atoms with van der Waals surface area (Å²) < 4.78 is 5.68. The first-order valence-corrected chi connectivity index (χ1v) is 6.08. The minimum atomic E-state index is -0.931. The first-order valence-electron chi connectivity index (χ1n) is 6.08. The lowest BCUT2D eigenvalue weighted by Gasteiger charge is -2.10. The summed E-state index contributed by atoms with van der Waals surface area (Å²) >= 11 is 0. The van der Waals surface area contributed by atoms with Gasteiger partial charge < -0.3 is 9.84 Å². The summed E-state index contributed by atoms with van der Waals surface area (Å²) in [6.07, 6.45) is 0. The molecule has 0 aliphatic heterocycles. The van der Waals surface area contributed by atoms with E-state index < -0.39 is 5.97 Å². The number of carboxylic acids is 1. The zero-order chi connectivity index (χ0) is 13.8. The number of aromatic carboxylic acids is 1. The van der Waals surface area contributed by atoms with Crippen LogP contribution in [0.25, 0.3) is 0 Å². The van der Waals surface area contributed by atoms with Crippen LogP contribution in [-0.4, -0.2) is 11.1 Å². The number of rotatable bonds is 4. The maximum absolute atomic E-state index is 11.1. The van der Waals surface area contributed by atoms with Gasteiger partial charge in [0, 0.05) is 5.56 Å². The molecule has 3 heteroatoms. The molecule has 0 bridgehead atoms. The van der Waals surface area contributed by atoms with Crippen LogP contribution in [0.5, 0.6) is 5.75 Å². The Balaban J connectivity index is 2.16. The van der Waals surface area contributed by atoms with Gasteiger partial charge in [-0.15, -0.1) is 0 Å². The second-order valence-corrected chi connectivity index (χ2v) is 4.57. The highest BCUT2D eigenvalue weighted by atomic mass is 16.5. The van der Waals surface area contributed by atoms with Crippen molar-refractivity contribution in [2.75, 3.05) is 0 Å². The van der Waals surface area contributed by atoms with Gasteiger partial charge in [-0.2, -0.15) is 0 Å². The molecule has 19 heavy (non-hydrogen) atoms. The lowest BCUT2D eigenvalue weighted by atomic mass is 10.1. The molecular formula is C16H16O3. The van der Waals surface area contributed by atoms with Crippen molar-refractivity contribution in [2.45, 2.75) is 20.5 Å². The van der Waals surface area contributed by atoms with Gasteiger partial charge in [0.15, 0.2) is 0 Å². The number of ether oxygens (including phenoxy) is 1. The van der Waals surface area contributed by atoms with E-state index >= 15 is 0 Å². The van der Waals surface area contributed by atoms with Crippen LogP contribution in [0.2, 0.25) is 0 Å². The molecule has 0 saturated carbocycles. The van der Waals surface area contributed by atoms with Crippen LogP contribution in [0.4, 0.5) is 0 Å². The number of benzene rings is 2. The van der Waals surface area contributed by atoms with Crippen LogP contribution in [-0.2, 0) is 6.61 Å². The van der Waals surface area contributed by atoms with Crippen LogP contribution in [0.1, 0.15) is 27.0 Å². The average Bonchev–Trinajstić information content (AvgIpc) is 2.35. The van der Waals surface area contributed by atoms with E-state index in [0.29, 0.717) is 5.56 Å². The molecular weight excluding hydrogens is 240 g/mol. The van der Waals surface area contributed by atoms with Crippen molar-refractivity contribution in [3.05, 3.63) is 64.7 Å². The summed E-state index contributed by atoms with van der Waals surface area (Å²) in [7, 11) is 0. The lowest BCUT2D eigenvalue weighted by molar-refractivity contribution is 0.0694. The van der Waals surface area contributed by atoms with Crippen molar-refractivity contribution in [1.29, 1.82) is 0 Å². The molecule has 0 aliphatic carbocycles. The molecule has 0 heterocycles. The Labute approximate surface area is 112 Å². The van der Waals surface area contributed by atoms with Crippen molar-refractivity contribution in [3.8, 4) is 5.75 Å². The van der Waals surface area contributed by atoms with Gasteiger partial charge >= 0.3 is 5.97 Å². The molecule has 0 atom stereocenters. The Kier molecular flexibility index (Phi) is 3.85. The Bertz CT molecular complexity index is 582. The van der Waals surface area contributed by atoms with Crippen molar-refractivity contribution in [2.24, 2.45) is 0 Å². The maximum Gasteiger partial charge on any atom is 0.336 e. The Hall–Kier alpha value is -2.29. The topological polar surface area (TPSA) is 46.5 Å². The van der Waals surface area contributed by atoms with E-state index in [0.717, 1.165) is 16.9 Å². The minimum absolute atomic E-state index is 0.255. The summed E-state index contributed by atoms with van der Waals surface area (Å²) in [5.41, 5.74) is 3.21. The fourth-order valence-electron chi connectivity index (χ4n) is 2.03. The van der Waals surface area contributed by atoms with Crippen molar-refractivity contribution < 1.29 is 14.6 Å². The maximum atomic E-state index is 11.1. The zero-order valence-corrected chi connectivity index (χ0v) is 11.0. The molecule has 0 spiro atoms. The van der Waals surface area contributed by atoms with Gasteiger partial charge in [0.2, 0.25) is 0 Å². The van der Waals surface area contributed by atoms with Gasteiger partial charge in [0.05, 0.1) is 5.56 Å². The number of aryl methyl sites for hydroxylation is 2. The number of hydrogen-bond donors (Lipinski definition) is 1. The third-order valence-electron chi connectivity index (χ3n) is 2.84. The van der Waals surface area contributed by atoms with Crippen molar-refractivity contribution in [1.82, 2.24) is 0 Å². The van der Waals surface area contributed by atoms with Gasteiger partial charge in [-0.25, -0.2) is 4.79 Å². The molecule has 1 N–H and O–H groups in total. The van der Waals surface area contributed by atoms with E-state index in [4.69, 9.17) is 9.84 Å². The first-order chi connectivity index (χ1) is 9.06. The third-order valence-corrected chi connectivity index (χ3v) is 2.84. The second kappa shape index (κ2) is 5.57. The zero-order valence-electron chi connectivity index (χ0n) is 11.0. The van der Waals surface area contributed by atoms with Crippen LogP contribution >= 0.6 is 0 Å². The number of hydrogen-bond acceptors (Lipinski definition) is 2. The van der Waals surface area contributed by atoms with Crippen molar-refractivity contribution >= 4 is 5.97 Å². The summed E-state index contributed by atoms with van der Waals surface area (Å²) in [4.78, 5) is 11.1. The van der Waals surface area contributed by atoms with Gasteiger partial charge in [0.25, 0.3) is 0 Å². The smallest absolute Gasteiger partial charge is 0.336 e. The molecule has 0 aromatic heterocycles. The molecule has 0 amide bonds. The summed E-state index contributed by atoms with van der Waals surface area (Å²) in [5.74, 6) is -0.169. The summed E-state index contributed by atoms with van der Waals surface area (Å²) in [6.45, 7) is 4.27. The second-order valence-electron chi connectivity index (χ2n) is 4.57. The number of carbonyl (C=O) groups is 1. The molecule has 3 nitrogen and oxygen atoms in total. The van der Waals surface area contributed by atoms with Crippen molar-refractivity contribution in [3.63, 3.8) is 0 Å². The SMILES string of the molecule is Cc1cc(C)cc(OCc2ccccc2C(=O)O)c1. The van der Waals surface area contributed by atoms with Crippen LogP contribution in [0, 0.1) is 13.8 Å². The van der Waals surface area contributed by atoms with E-state index in [-0.39, 0.29) is 12.2 Å².